The summed E-state index contributed by atoms with van der Waals surface area (Å²) in [5.74, 6) is 1.07. The van der Waals surface area contributed by atoms with Gasteiger partial charge in [0.15, 0.2) is 0 Å². The average molecular weight is 228 g/mol. The highest BCUT2D eigenvalue weighted by Gasteiger charge is 2.07. The Labute approximate surface area is 98.9 Å². The zero-order valence-corrected chi connectivity index (χ0v) is 9.26. The summed E-state index contributed by atoms with van der Waals surface area (Å²) in [7, 11) is 0. The highest BCUT2D eigenvalue weighted by Crippen LogP contribution is 2.18. The van der Waals surface area contributed by atoms with Gasteiger partial charge in [0.25, 0.3) is 0 Å². The first-order valence-corrected chi connectivity index (χ1v) is 5.36. The van der Waals surface area contributed by atoms with E-state index in [1.165, 1.54) is 0 Å². The first-order valence-electron chi connectivity index (χ1n) is 5.36. The third kappa shape index (κ3) is 2.68. The molecule has 0 radical (unpaired) electrons. The van der Waals surface area contributed by atoms with Gasteiger partial charge in [-0.1, -0.05) is 0 Å². The first-order chi connectivity index (χ1) is 8.33. The molecule has 0 saturated carbocycles. The number of benzene rings is 1. The van der Waals surface area contributed by atoms with Crippen LogP contribution in [0, 0.1) is 11.3 Å². The fraction of sp³-hybridized carbons (Fsp3) is 0.250. The molecule has 0 atom stereocenters. The van der Waals surface area contributed by atoms with E-state index < -0.39 is 0 Å². The smallest absolute Gasteiger partial charge is 0.247 e. The fourth-order valence-electron chi connectivity index (χ4n) is 1.41. The predicted octanol–water partition coefficient (Wildman–Crippen LogP) is 1.50. The normalized spacial score (nSPS) is 10.1. The molecule has 0 amide bonds. The Morgan fingerprint density at radius 2 is 2.00 bits per heavy atom. The van der Waals surface area contributed by atoms with Crippen LogP contribution in [-0.4, -0.2) is 16.7 Å². The van der Waals surface area contributed by atoms with Gasteiger partial charge < -0.3 is 10.2 Å². The fourth-order valence-corrected chi connectivity index (χ4v) is 1.41. The molecule has 0 aliphatic carbocycles. The Balaban J connectivity index is 2.16. The molecule has 1 aromatic heterocycles. The van der Waals surface area contributed by atoms with E-state index in [9.17, 15) is 0 Å². The highest BCUT2D eigenvalue weighted by molar-refractivity contribution is 5.54. The first kappa shape index (κ1) is 11.3. The Morgan fingerprint density at radius 3 is 2.65 bits per heavy atom. The van der Waals surface area contributed by atoms with Gasteiger partial charge in [-0.05, 0) is 37.2 Å². The van der Waals surface area contributed by atoms with Gasteiger partial charge in [0, 0.05) is 12.0 Å². The van der Waals surface area contributed by atoms with Crippen LogP contribution in [0.3, 0.4) is 0 Å². The van der Waals surface area contributed by atoms with Crippen molar-refractivity contribution in [3.8, 4) is 17.5 Å². The summed E-state index contributed by atoms with van der Waals surface area (Å²) in [6.07, 6.45) is 1.52. The van der Waals surface area contributed by atoms with Gasteiger partial charge in [0.1, 0.15) is 0 Å². The monoisotopic (exact) mass is 228 g/mol. The summed E-state index contributed by atoms with van der Waals surface area (Å²) in [6.45, 7) is 0.606. The number of nitrogens with two attached hydrogens (primary N) is 1. The molecule has 2 aromatic rings. The van der Waals surface area contributed by atoms with Crippen molar-refractivity contribution in [1.29, 1.82) is 5.26 Å². The second kappa shape index (κ2) is 5.23. The highest BCUT2D eigenvalue weighted by atomic mass is 16.4. The second-order valence-electron chi connectivity index (χ2n) is 3.58. The standard InChI is InChI=1S/C12H12N4O/c13-7-1-2-11-15-16-12(17-11)10-5-3-9(8-14)4-6-10/h3-6H,1-2,7,13H2. The lowest BCUT2D eigenvalue weighted by molar-refractivity contribution is 0.499. The number of hydrogen-bond acceptors (Lipinski definition) is 5. The van der Waals surface area contributed by atoms with E-state index >= 15 is 0 Å². The van der Waals surface area contributed by atoms with Gasteiger partial charge in [0.05, 0.1) is 11.6 Å². The van der Waals surface area contributed by atoms with Gasteiger partial charge in [-0.15, -0.1) is 10.2 Å². The average Bonchev–Trinajstić information content (AvgIpc) is 2.85. The molecule has 5 heteroatoms. The molecule has 5 nitrogen and oxygen atoms in total. The SMILES string of the molecule is N#Cc1ccc(-c2nnc(CCCN)o2)cc1. The molecular weight excluding hydrogens is 216 g/mol. The minimum atomic E-state index is 0.474. The maximum Gasteiger partial charge on any atom is 0.247 e. The summed E-state index contributed by atoms with van der Waals surface area (Å²) in [5, 5.41) is 16.6. The third-order valence-electron chi connectivity index (χ3n) is 2.32. The molecule has 1 heterocycles. The zero-order chi connectivity index (χ0) is 12.1. The molecule has 0 aliphatic heterocycles. The Morgan fingerprint density at radius 1 is 1.24 bits per heavy atom. The van der Waals surface area contributed by atoms with E-state index in [0.29, 0.717) is 30.3 Å². The van der Waals surface area contributed by atoms with Crippen molar-refractivity contribution in [2.75, 3.05) is 6.54 Å². The Kier molecular flexibility index (Phi) is 3.48. The van der Waals surface area contributed by atoms with Crippen molar-refractivity contribution in [1.82, 2.24) is 10.2 Å². The van der Waals surface area contributed by atoms with Crippen molar-refractivity contribution in [3.05, 3.63) is 35.7 Å². The molecule has 0 saturated heterocycles. The van der Waals surface area contributed by atoms with Gasteiger partial charge in [-0.2, -0.15) is 5.26 Å². The molecular formula is C12H12N4O. The van der Waals surface area contributed by atoms with Crippen LogP contribution in [0.15, 0.2) is 28.7 Å². The summed E-state index contributed by atoms with van der Waals surface area (Å²) in [4.78, 5) is 0. The number of aryl methyl sites for hydroxylation is 1. The van der Waals surface area contributed by atoms with Crippen molar-refractivity contribution in [3.63, 3.8) is 0 Å². The number of nitriles is 1. The molecule has 0 fully saturated rings. The quantitative estimate of drug-likeness (QED) is 0.856. The predicted molar refractivity (Wildman–Crippen MR) is 61.8 cm³/mol. The summed E-state index contributed by atoms with van der Waals surface area (Å²) < 4.78 is 5.48. The summed E-state index contributed by atoms with van der Waals surface area (Å²) in [5.41, 5.74) is 6.83. The summed E-state index contributed by atoms with van der Waals surface area (Å²) >= 11 is 0. The van der Waals surface area contributed by atoms with E-state index in [-0.39, 0.29) is 0 Å². The van der Waals surface area contributed by atoms with Gasteiger partial charge in [-0.3, -0.25) is 0 Å². The maximum atomic E-state index is 8.69. The molecule has 17 heavy (non-hydrogen) atoms. The number of nitrogens with zero attached hydrogens (tertiary/aromatic N) is 3. The molecule has 0 spiro atoms. The number of hydrogen-bond donors (Lipinski definition) is 1. The van der Waals surface area contributed by atoms with E-state index in [1.54, 1.807) is 24.3 Å². The maximum absolute atomic E-state index is 8.69. The summed E-state index contributed by atoms with van der Waals surface area (Å²) in [6, 6.07) is 9.08. The van der Waals surface area contributed by atoms with E-state index in [2.05, 4.69) is 16.3 Å². The molecule has 2 N–H and O–H groups in total. The third-order valence-corrected chi connectivity index (χ3v) is 2.32. The van der Waals surface area contributed by atoms with Crippen LogP contribution in [-0.2, 0) is 6.42 Å². The number of aromatic nitrogens is 2. The second-order valence-corrected chi connectivity index (χ2v) is 3.58. The van der Waals surface area contributed by atoms with Crippen molar-refractivity contribution >= 4 is 0 Å². The molecule has 0 aliphatic rings. The van der Waals surface area contributed by atoms with Crippen LogP contribution in [0.5, 0.6) is 0 Å². The van der Waals surface area contributed by atoms with Gasteiger partial charge in [-0.25, -0.2) is 0 Å². The molecule has 86 valence electrons. The van der Waals surface area contributed by atoms with Crippen LogP contribution in [0.4, 0.5) is 0 Å². The molecule has 1 aromatic carbocycles. The largest absolute Gasteiger partial charge is 0.421 e. The topological polar surface area (TPSA) is 88.7 Å². The van der Waals surface area contributed by atoms with Crippen molar-refractivity contribution in [2.45, 2.75) is 12.8 Å². The zero-order valence-electron chi connectivity index (χ0n) is 9.26. The lowest BCUT2D eigenvalue weighted by Crippen LogP contribution is -2.00. The van der Waals surface area contributed by atoms with Gasteiger partial charge >= 0.3 is 0 Å². The van der Waals surface area contributed by atoms with Crippen LogP contribution in [0.25, 0.3) is 11.5 Å². The van der Waals surface area contributed by atoms with Crippen LogP contribution < -0.4 is 5.73 Å². The van der Waals surface area contributed by atoms with Crippen LogP contribution in [0.1, 0.15) is 17.9 Å². The van der Waals surface area contributed by atoms with Crippen LogP contribution in [0.2, 0.25) is 0 Å². The molecule has 0 bridgehead atoms. The number of rotatable bonds is 4. The lowest BCUT2D eigenvalue weighted by atomic mass is 10.1. The molecule has 2 rings (SSSR count). The molecule has 0 unspecified atom stereocenters. The minimum Gasteiger partial charge on any atom is -0.421 e. The lowest BCUT2D eigenvalue weighted by Gasteiger charge is -1.94. The van der Waals surface area contributed by atoms with E-state index in [4.69, 9.17) is 15.4 Å². The Bertz CT molecular complexity index is 524. The van der Waals surface area contributed by atoms with E-state index in [1.807, 2.05) is 0 Å². The van der Waals surface area contributed by atoms with Gasteiger partial charge in [0.2, 0.25) is 11.8 Å². The van der Waals surface area contributed by atoms with Crippen LogP contribution >= 0.6 is 0 Å². The Hall–Kier alpha value is -2.19. The van der Waals surface area contributed by atoms with E-state index in [0.717, 1.165) is 12.0 Å². The van der Waals surface area contributed by atoms with Crippen molar-refractivity contribution in [2.24, 2.45) is 5.73 Å². The van der Waals surface area contributed by atoms with Crippen molar-refractivity contribution < 1.29 is 4.42 Å². The minimum absolute atomic E-state index is 0.474.